The van der Waals surface area contributed by atoms with Crippen molar-refractivity contribution < 1.29 is 14.3 Å². The van der Waals surface area contributed by atoms with Gasteiger partial charge in [0.05, 0.1) is 12.9 Å². The number of nitrogens with zero attached hydrogens (tertiary/aromatic N) is 3. The number of ether oxygens (including phenoxy) is 1. The third-order valence-electron chi connectivity index (χ3n) is 2.90. The number of hydrogen-bond acceptors (Lipinski definition) is 7. The van der Waals surface area contributed by atoms with Crippen molar-refractivity contribution in [3.8, 4) is 11.8 Å². The first-order valence-corrected chi connectivity index (χ1v) is 7.16. The minimum atomic E-state index is -0.757. The van der Waals surface area contributed by atoms with Crippen LogP contribution in [0, 0.1) is 11.3 Å². The molecule has 1 heterocycles. The molecule has 0 aliphatic rings. The van der Waals surface area contributed by atoms with Crippen LogP contribution in [0.3, 0.4) is 0 Å². The summed E-state index contributed by atoms with van der Waals surface area (Å²) < 4.78 is 5.30. The fourth-order valence-corrected chi connectivity index (χ4v) is 1.79. The number of hydrogen-bond donors (Lipinski definition) is 4. The molecule has 1 aromatic heterocycles. The number of imidazole rings is 1. The van der Waals surface area contributed by atoms with Gasteiger partial charge in [-0.05, 0) is 31.2 Å². The lowest BCUT2D eigenvalue weighted by Gasteiger charge is -2.06. The van der Waals surface area contributed by atoms with Crippen LogP contribution < -0.4 is 21.2 Å². The summed E-state index contributed by atoms with van der Waals surface area (Å²) in [6.07, 6.45) is 1.23. The van der Waals surface area contributed by atoms with E-state index in [1.165, 1.54) is 6.33 Å². The number of aromatic nitrogens is 2. The van der Waals surface area contributed by atoms with E-state index in [0.29, 0.717) is 18.0 Å². The number of aromatic amines is 1. The van der Waals surface area contributed by atoms with Crippen LogP contribution in [0.4, 0.5) is 11.5 Å². The van der Waals surface area contributed by atoms with Gasteiger partial charge < -0.3 is 20.8 Å². The van der Waals surface area contributed by atoms with E-state index in [-0.39, 0.29) is 11.5 Å². The molecule has 0 aliphatic carbocycles. The average molecular weight is 341 g/mol. The highest BCUT2D eigenvalue weighted by Gasteiger charge is 2.14. The monoisotopic (exact) mass is 341 g/mol. The van der Waals surface area contributed by atoms with Crippen LogP contribution in [0.15, 0.2) is 35.7 Å². The van der Waals surface area contributed by atoms with Crippen LogP contribution >= 0.6 is 0 Å². The number of rotatable bonds is 7. The Hall–Kier alpha value is -3.87. The summed E-state index contributed by atoms with van der Waals surface area (Å²) in [5, 5.41) is 15.2. The van der Waals surface area contributed by atoms with Crippen LogP contribution in [0.1, 0.15) is 17.4 Å². The normalized spacial score (nSPS) is 10.6. The zero-order valence-electron chi connectivity index (χ0n) is 13.2. The first kappa shape index (κ1) is 17.5. The molecule has 0 atom stereocenters. The lowest BCUT2D eigenvalue weighted by molar-refractivity contribution is -0.110. The third kappa shape index (κ3) is 4.55. The second kappa shape index (κ2) is 8.11. The number of primary amides is 1. The lowest BCUT2D eigenvalue weighted by atomic mass is 10.3. The number of carbonyl (C=O) groups excluding carboxylic acids is 2. The lowest BCUT2D eigenvalue weighted by Crippen LogP contribution is -2.23. The van der Waals surface area contributed by atoms with Gasteiger partial charge in [-0.25, -0.2) is 4.98 Å². The number of carbonyl (C=O) groups is 2. The Labute approximate surface area is 142 Å². The summed E-state index contributed by atoms with van der Waals surface area (Å²) in [5.74, 6) is -0.814. The molecule has 128 valence electrons. The zero-order chi connectivity index (χ0) is 18.2. The van der Waals surface area contributed by atoms with Crippen LogP contribution in [0.2, 0.25) is 0 Å². The van der Waals surface area contributed by atoms with Gasteiger partial charge in [-0.2, -0.15) is 10.4 Å². The topological polar surface area (TPSA) is 158 Å². The van der Waals surface area contributed by atoms with Gasteiger partial charge in [0, 0.05) is 5.69 Å². The van der Waals surface area contributed by atoms with E-state index in [1.54, 1.807) is 30.3 Å². The molecule has 1 aromatic carbocycles. The second-order valence-electron chi connectivity index (χ2n) is 4.59. The molecule has 0 radical (unpaired) electrons. The van der Waals surface area contributed by atoms with Crippen molar-refractivity contribution in [1.82, 2.24) is 9.97 Å². The molecule has 0 bridgehead atoms. The van der Waals surface area contributed by atoms with Crippen LogP contribution in [0.25, 0.3) is 0 Å². The van der Waals surface area contributed by atoms with Crippen LogP contribution in [-0.4, -0.2) is 34.1 Å². The quantitative estimate of drug-likeness (QED) is 0.431. The van der Waals surface area contributed by atoms with E-state index >= 15 is 0 Å². The Morgan fingerprint density at radius 2 is 2.12 bits per heavy atom. The Kier molecular flexibility index (Phi) is 5.67. The first-order valence-electron chi connectivity index (χ1n) is 7.16. The smallest absolute Gasteiger partial charge is 0.287 e. The van der Waals surface area contributed by atoms with E-state index < -0.39 is 17.5 Å². The molecule has 0 spiro atoms. The van der Waals surface area contributed by atoms with E-state index in [1.807, 2.05) is 6.92 Å². The molecular formula is C15H15N7O3. The van der Waals surface area contributed by atoms with Crippen molar-refractivity contribution in [3.63, 3.8) is 0 Å². The molecule has 0 saturated heterocycles. The van der Waals surface area contributed by atoms with Crippen molar-refractivity contribution >= 4 is 29.0 Å². The summed E-state index contributed by atoms with van der Waals surface area (Å²) in [5.41, 5.74) is 7.49. The van der Waals surface area contributed by atoms with Gasteiger partial charge in [0.15, 0.2) is 5.82 Å². The zero-order valence-corrected chi connectivity index (χ0v) is 13.2. The molecule has 2 amide bonds. The fraction of sp³-hybridized carbons (Fsp3) is 0.133. The molecule has 10 heteroatoms. The average Bonchev–Trinajstić information content (AvgIpc) is 3.06. The molecule has 0 aliphatic heterocycles. The Balaban J connectivity index is 2.06. The number of hydrazone groups is 1. The van der Waals surface area contributed by atoms with Crippen LogP contribution in [0.5, 0.6) is 5.75 Å². The number of H-pyrrole nitrogens is 1. The molecular weight excluding hydrogens is 326 g/mol. The Morgan fingerprint density at radius 1 is 1.40 bits per heavy atom. The molecule has 0 saturated carbocycles. The Morgan fingerprint density at radius 3 is 2.72 bits per heavy atom. The highest BCUT2D eigenvalue weighted by Crippen LogP contribution is 2.15. The maximum absolute atomic E-state index is 12.1. The van der Waals surface area contributed by atoms with Gasteiger partial charge >= 0.3 is 0 Å². The third-order valence-corrected chi connectivity index (χ3v) is 2.90. The number of anilines is 2. The number of nitriles is 1. The Bertz CT molecular complexity index is 834. The molecule has 0 unspecified atom stereocenters. The van der Waals surface area contributed by atoms with Crippen LogP contribution in [-0.2, 0) is 4.79 Å². The van der Waals surface area contributed by atoms with E-state index in [9.17, 15) is 9.59 Å². The van der Waals surface area contributed by atoms with Crippen molar-refractivity contribution in [3.05, 3.63) is 36.3 Å². The van der Waals surface area contributed by atoms with Gasteiger partial charge in [0.25, 0.3) is 11.8 Å². The fourth-order valence-electron chi connectivity index (χ4n) is 1.79. The van der Waals surface area contributed by atoms with E-state index in [2.05, 4.69) is 25.8 Å². The molecule has 25 heavy (non-hydrogen) atoms. The van der Waals surface area contributed by atoms with E-state index in [0.717, 1.165) is 0 Å². The van der Waals surface area contributed by atoms with Crippen molar-refractivity contribution in [2.75, 3.05) is 17.3 Å². The van der Waals surface area contributed by atoms with Gasteiger partial charge in [0.1, 0.15) is 17.5 Å². The standard InChI is InChI=1S/C15H15N7O3/c1-2-25-10-5-3-9(4-6-10)20-15(24)11(7-16)21-22-14-12(13(17)23)18-8-19-14/h3-6,8,22H,2H2,1H3,(H2,17,23)(H,18,19)(H,20,24)/b21-11+. The number of nitrogens with one attached hydrogen (secondary N) is 3. The minimum absolute atomic E-state index is 0.00844. The highest BCUT2D eigenvalue weighted by atomic mass is 16.5. The van der Waals surface area contributed by atoms with Gasteiger partial charge in [-0.1, -0.05) is 0 Å². The summed E-state index contributed by atoms with van der Waals surface area (Å²) in [6, 6.07) is 8.29. The number of nitrogens with two attached hydrogens (primary N) is 1. The maximum Gasteiger partial charge on any atom is 0.287 e. The summed E-state index contributed by atoms with van der Waals surface area (Å²) >= 11 is 0. The van der Waals surface area contributed by atoms with Gasteiger partial charge in [-0.3, -0.25) is 15.0 Å². The molecule has 10 nitrogen and oxygen atoms in total. The first-order chi connectivity index (χ1) is 12.0. The predicted octanol–water partition coefficient (Wildman–Crippen LogP) is 0.837. The van der Waals surface area contributed by atoms with E-state index in [4.69, 9.17) is 15.7 Å². The number of benzene rings is 1. The largest absolute Gasteiger partial charge is 0.494 e. The molecule has 5 N–H and O–H groups in total. The maximum atomic E-state index is 12.1. The van der Waals surface area contributed by atoms with Crippen molar-refractivity contribution in [2.24, 2.45) is 10.8 Å². The van der Waals surface area contributed by atoms with Gasteiger partial charge in [-0.15, -0.1) is 0 Å². The summed E-state index contributed by atoms with van der Waals surface area (Å²) in [4.78, 5) is 29.5. The van der Waals surface area contributed by atoms with Gasteiger partial charge in [0.2, 0.25) is 5.71 Å². The SMILES string of the molecule is CCOc1ccc(NC(=O)/C(C#N)=N/Nc2nc[nH]c2C(N)=O)cc1. The summed E-state index contributed by atoms with van der Waals surface area (Å²) in [7, 11) is 0. The molecule has 0 fully saturated rings. The highest BCUT2D eigenvalue weighted by molar-refractivity contribution is 6.48. The second-order valence-corrected chi connectivity index (χ2v) is 4.59. The minimum Gasteiger partial charge on any atom is -0.494 e. The molecule has 2 aromatic rings. The van der Waals surface area contributed by atoms with Crippen molar-refractivity contribution in [1.29, 1.82) is 5.26 Å². The predicted molar refractivity (Wildman–Crippen MR) is 90.0 cm³/mol. The molecule has 2 rings (SSSR count). The number of amides is 2. The van der Waals surface area contributed by atoms with Crippen molar-refractivity contribution in [2.45, 2.75) is 6.92 Å². The summed E-state index contributed by atoms with van der Waals surface area (Å²) in [6.45, 7) is 2.39.